The number of hydrogen-bond donors (Lipinski definition) is 1. The summed E-state index contributed by atoms with van der Waals surface area (Å²) in [6.45, 7) is 3.48. The van der Waals surface area contributed by atoms with Crippen LogP contribution in [0.25, 0.3) is 0 Å². The van der Waals surface area contributed by atoms with Crippen molar-refractivity contribution in [2.75, 3.05) is 11.9 Å². The molecule has 0 aliphatic heterocycles. The second kappa shape index (κ2) is 6.50. The van der Waals surface area contributed by atoms with Gasteiger partial charge in [-0.2, -0.15) is 0 Å². The van der Waals surface area contributed by atoms with Gasteiger partial charge in [0.1, 0.15) is 11.5 Å². The Hall–Kier alpha value is -1.42. The molecule has 0 saturated carbocycles. The van der Waals surface area contributed by atoms with Crippen molar-refractivity contribution in [2.45, 2.75) is 19.9 Å². The molecule has 1 heterocycles. The fourth-order valence-corrected chi connectivity index (χ4v) is 1.89. The Balaban J connectivity index is 1.95. The van der Waals surface area contributed by atoms with Gasteiger partial charge in [-0.25, -0.2) is 0 Å². The lowest BCUT2D eigenvalue weighted by molar-refractivity contribution is 0.317. The molecule has 0 radical (unpaired) electrons. The molecule has 0 spiro atoms. The number of nitrogens with one attached hydrogen (secondary N) is 1. The number of hydrogen-bond acceptors (Lipinski definition) is 3. The van der Waals surface area contributed by atoms with Crippen LogP contribution in [0.4, 0.5) is 5.69 Å². The van der Waals surface area contributed by atoms with Gasteiger partial charge in [0.15, 0.2) is 0 Å². The quantitative estimate of drug-likeness (QED) is 0.856. The molecule has 0 unspecified atom stereocenters. The van der Waals surface area contributed by atoms with E-state index in [4.69, 9.17) is 9.15 Å². The fourth-order valence-electron chi connectivity index (χ4n) is 1.55. The van der Waals surface area contributed by atoms with Gasteiger partial charge in [0, 0.05) is 11.8 Å². The highest BCUT2D eigenvalue weighted by molar-refractivity contribution is 9.10. The molecule has 0 aliphatic carbocycles. The maximum Gasteiger partial charge on any atom is 0.136 e. The van der Waals surface area contributed by atoms with Gasteiger partial charge in [0.05, 0.1) is 23.9 Å². The third-order valence-electron chi connectivity index (χ3n) is 2.45. The van der Waals surface area contributed by atoms with Crippen molar-refractivity contribution in [3.8, 4) is 5.75 Å². The van der Waals surface area contributed by atoms with Gasteiger partial charge < -0.3 is 14.5 Å². The third kappa shape index (κ3) is 3.53. The first-order valence-electron chi connectivity index (χ1n) is 5.98. The maximum atomic E-state index is 5.58. The molecule has 18 heavy (non-hydrogen) atoms. The summed E-state index contributed by atoms with van der Waals surface area (Å²) in [6, 6.07) is 9.83. The Morgan fingerprint density at radius 1 is 1.33 bits per heavy atom. The van der Waals surface area contributed by atoms with Crippen molar-refractivity contribution in [3.63, 3.8) is 0 Å². The van der Waals surface area contributed by atoms with Crippen LogP contribution in [0.1, 0.15) is 19.1 Å². The van der Waals surface area contributed by atoms with Crippen molar-refractivity contribution < 1.29 is 9.15 Å². The zero-order valence-electron chi connectivity index (χ0n) is 10.3. The molecule has 0 fully saturated rings. The first-order valence-corrected chi connectivity index (χ1v) is 6.77. The van der Waals surface area contributed by atoms with E-state index in [0.29, 0.717) is 6.54 Å². The normalized spacial score (nSPS) is 10.3. The van der Waals surface area contributed by atoms with E-state index < -0.39 is 0 Å². The highest BCUT2D eigenvalue weighted by Gasteiger charge is 2.03. The molecule has 0 atom stereocenters. The molecule has 0 aliphatic rings. The Kier molecular flexibility index (Phi) is 4.70. The first-order chi connectivity index (χ1) is 8.79. The van der Waals surface area contributed by atoms with Crippen LogP contribution in [0.2, 0.25) is 0 Å². The molecule has 96 valence electrons. The number of anilines is 1. The molecule has 2 rings (SSSR count). The minimum absolute atomic E-state index is 0.644. The predicted molar refractivity (Wildman–Crippen MR) is 76.0 cm³/mol. The Morgan fingerprint density at radius 2 is 2.22 bits per heavy atom. The predicted octanol–water partition coefficient (Wildman–Crippen LogP) is 4.44. The summed E-state index contributed by atoms with van der Waals surface area (Å²) in [6.07, 6.45) is 2.68. The lowest BCUT2D eigenvalue weighted by Gasteiger charge is -2.08. The number of benzene rings is 1. The summed E-state index contributed by atoms with van der Waals surface area (Å²) in [7, 11) is 0. The van der Waals surface area contributed by atoms with E-state index >= 15 is 0 Å². The minimum Gasteiger partial charge on any atom is -0.494 e. The molecule has 0 bridgehead atoms. The van der Waals surface area contributed by atoms with Gasteiger partial charge >= 0.3 is 0 Å². The average Bonchev–Trinajstić information content (AvgIpc) is 2.80. The van der Waals surface area contributed by atoms with Gasteiger partial charge in [0.25, 0.3) is 0 Å². The lowest BCUT2D eigenvalue weighted by Crippen LogP contribution is -2.00. The van der Waals surface area contributed by atoms with Gasteiger partial charge in [-0.1, -0.05) is 13.0 Å². The van der Waals surface area contributed by atoms with E-state index in [0.717, 1.165) is 34.7 Å². The van der Waals surface area contributed by atoms with Gasteiger partial charge in [-0.15, -0.1) is 0 Å². The molecule has 2 aromatic rings. The summed E-state index contributed by atoms with van der Waals surface area (Å²) in [5, 5.41) is 3.30. The molecule has 1 aromatic carbocycles. The topological polar surface area (TPSA) is 34.4 Å². The molecule has 1 aromatic heterocycles. The Labute approximate surface area is 115 Å². The van der Waals surface area contributed by atoms with E-state index in [1.54, 1.807) is 6.26 Å². The monoisotopic (exact) mass is 309 g/mol. The third-order valence-corrected chi connectivity index (χ3v) is 3.16. The second-order valence-corrected chi connectivity index (χ2v) is 4.78. The van der Waals surface area contributed by atoms with Crippen molar-refractivity contribution in [3.05, 3.63) is 46.8 Å². The van der Waals surface area contributed by atoms with Gasteiger partial charge in [-0.05, 0) is 40.5 Å². The van der Waals surface area contributed by atoms with E-state index in [-0.39, 0.29) is 0 Å². The number of halogens is 1. The summed E-state index contributed by atoms with van der Waals surface area (Å²) in [5.74, 6) is 1.77. The summed E-state index contributed by atoms with van der Waals surface area (Å²) in [5.41, 5.74) is 1.02. The maximum absolute atomic E-state index is 5.58. The van der Waals surface area contributed by atoms with Crippen LogP contribution in [0, 0.1) is 0 Å². The first kappa shape index (κ1) is 13.0. The molecular formula is C14H16BrNO2. The molecular weight excluding hydrogens is 294 g/mol. The molecule has 0 saturated heterocycles. The molecule has 0 amide bonds. The summed E-state index contributed by atoms with van der Waals surface area (Å²) >= 11 is 3.43. The van der Waals surface area contributed by atoms with Crippen LogP contribution in [0.5, 0.6) is 5.75 Å². The van der Waals surface area contributed by atoms with Crippen LogP contribution in [0.3, 0.4) is 0 Å². The van der Waals surface area contributed by atoms with Crippen LogP contribution in [-0.2, 0) is 6.54 Å². The number of rotatable bonds is 6. The number of furan rings is 1. The van der Waals surface area contributed by atoms with Crippen LogP contribution < -0.4 is 10.1 Å². The van der Waals surface area contributed by atoms with E-state index in [2.05, 4.69) is 28.2 Å². The molecule has 1 N–H and O–H groups in total. The Morgan fingerprint density at radius 3 is 2.94 bits per heavy atom. The van der Waals surface area contributed by atoms with Gasteiger partial charge in [-0.3, -0.25) is 0 Å². The van der Waals surface area contributed by atoms with Crippen molar-refractivity contribution >= 4 is 21.6 Å². The Bertz CT molecular complexity index is 496. The highest BCUT2D eigenvalue weighted by Crippen LogP contribution is 2.21. The zero-order chi connectivity index (χ0) is 12.8. The zero-order valence-corrected chi connectivity index (χ0v) is 11.9. The fraction of sp³-hybridized carbons (Fsp3) is 0.286. The van der Waals surface area contributed by atoms with Crippen LogP contribution >= 0.6 is 15.9 Å². The van der Waals surface area contributed by atoms with Crippen molar-refractivity contribution in [2.24, 2.45) is 0 Å². The second-order valence-electron chi connectivity index (χ2n) is 3.92. The highest BCUT2D eigenvalue weighted by atomic mass is 79.9. The van der Waals surface area contributed by atoms with Crippen LogP contribution in [0.15, 0.2) is 45.5 Å². The van der Waals surface area contributed by atoms with E-state index in [9.17, 15) is 0 Å². The van der Waals surface area contributed by atoms with Gasteiger partial charge in [0.2, 0.25) is 0 Å². The molecule has 3 nitrogen and oxygen atoms in total. The van der Waals surface area contributed by atoms with E-state index in [1.807, 2.05) is 30.3 Å². The largest absolute Gasteiger partial charge is 0.494 e. The SMILES string of the molecule is CCCOc1cccc(NCc2occc2Br)c1. The van der Waals surface area contributed by atoms with E-state index in [1.165, 1.54) is 0 Å². The van der Waals surface area contributed by atoms with Crippen LogP contribution in [-0.4, -0.2) is 6.61 Å². The number of ether oxygens (including phenoxy) is 1. The van der Waals surface area contributed by atoms with Crippen molar-refractivity contribution in [1.29, 1.82) is 0 Å². The van der Waals surface area contributed by atoms with Crippen molar-refractivity contribution in [1.82, 2.24) is 0 Å². The molecule has 4 heteroatoms. The summed E-state index contributed by atoms with van der Waals surface area (Å²) < 4.78 is 11.9. The average molecular weight is 310 g/mol. The standard InChI is InChI=1S/C14H16BrNO2/c1-2-7-17-12-5-3-4-11(9-12)16-10-14-13(15)6-8-18-14/h3-6,8-9,16H,2,7,10H2,1H3. The summed E-state index contributed by atoms with van der Waals surface area (Å²) in [4.78, 5) is 0. The minimum atomic E-state index is 0.644. The smallest absolute Gasteiger partial charge is 0.136 e. The lowest BCUT2D eigenvalue weighted by atomic mass is 10.3.